The second-order valence-electron chi connectivity index (χ2n) is 2.39. The third-order valence-corrected chi connectivity index (χ3v) is 1.23. The first-order chi connectivity index (χ1) is 4.31. The van der Waals surface area contributed by atoms with Crippen molar-refractivity contribution in [1.82, 2.24) is 0 Å². The SMILES string of the molecule is CCC=CCC(C)C[O]. The van der Waals surface area contributed by atoms with Crippen LogP contribution < -0.4 is 0 Å². The summed E-state index contributed by atoms with van der Waals surface area (Å²) in [5, 5.41) is 10.2. The van der Waals surface area contributed by atoms with E-state index in [9.17, 15) is 5.11 Å². The molecule has 0 aromatic rings. The molecule has 1 heteroatoms. The van der Waals surface area contributed by atoms with Gasteiger partial charge in [-0.2, -0.15) is 0 Å². The van der Waals surface area contributed by atoms with Gasteiger partial charge >= 0.3 is 0 Å². The summed E-state index contributed by atoms with van der Waals surface area (Å²) >= 11 is 0. The van der Waals surface area contributed by atoms with Crippen molar-refractivity contribution in [2.24, 2.45) is 5.92 Å². The molecule has 1 nitrogen and oxygen atoms in total. The molecule has 9 heavy (non-hydrogen) atoms. The molecule has 0 aliphatic heterocycles. The van der Waals surface area contributed by atoms with E-state index in [0.717, 1.165) is 12.8 Å². The van der Waals surface area contributed by atoms with Crippen LogP contribution in [-0.4, -0.2) is 6.61 Å². The molecule has 0 saturated carbocycles. The van der Waals surface area contributed by atoms with E-state index in [0.29, 0.717) is 5.92 Å². The van der Waals surface area contributed by atoms with Gasteiger partial charge in [0.25, 0.3) is 0 Å². The summed E-state index contributed by atoms with van der Waals surface area (Å²) in [6.45, 7) is 4.12. The maximum absolute atomic E-state index is 10.2. The van der Waals surface area contributed by atoms with Gasteiger partial charge in [-0.3, -0.25) is 0 Å². The second-order valence-corrected chi connectivity index (χ2v) is 2.39. The fourth-order valence-electron chi connectivity index (χ4n) is 0.563. The third-order valence-electron chi connectivity index (χ3n) is 1.23. The summed E-state index contributed by atoms with van der Waals surface area (Å²) in [4.78, 5) is 0. The van der Waals surface area contributed by atoms with E-state index in [-0.39, 0.29) is 6.61 Å². The highest BCUT2D eigenvalue weighted by Gasteiger charge is 1.94. The van der Waals surface area contributed by atoms with Crippen LogP contribution in [0.3, 0.4) is 0 Å². The van der Waals surface area contributed by atoms with Crippen LogP contribution in [0.25, 0.3) is 0 Å². The fraction of sp³-hybridized carbons (Fsp3) is 0.750. The van der Waals surface area contributed by atoms with Crippen LogP contribution in [0.2, 0.25) is 0 Å². The molecule has 0 fully saturated rings. The van der Waals surface area contributed by atoms with Crippen molar-refractivity contribution >= 4 is 0 Å². The highest BCUT2D eigenvalue weighted by atomic mass is 16.3. The Hall–Kier alpha value is -0.300. The smallest absolute Gasteiger partial charge is 0.0850 e. The lowest BCUT2D eigenvalue weighted by atomic mass is 10.1. The summed E-state index contributed by atoms with van der Waals surface area (Å²) in [6, 6.07) is 0. The van der Waals surface area contributed by atoms with Gasteiger partial charge in [-0.05, 0) is 18.8 Å². The topological polar surface area (TPSA) is 19.9 Å². The summed E-state index contributed by atoms with van der Waals surface area (Å²) in [7, 11) is 0. The molecule has 1 atom stereocenters. The van der Waals surface area contributed by atoms with Crippen LogP contribution >= 0.6 is 0 Å². The lowest BCUT2D eigenvalue weighted by Crippen LogP contribution is -1.95. The van der Waals surface area contributed by atoms with Crippen molar-refractivity contribution < 1.29 is 5.11 Å². The maximum Gasteiger partial charge on any atom is 0.0850 e. The van der Waals surface area contributed by atoms with Gasteiger partial charge in [0.15, 0.2) is 0 Å². The van der Waals surface area contributed by atoms with Crippen molar-refractivity contribution in [2.75, 3.05) is 6.61 Å². The fourth-order valence-corrected chi connectivity index (χ4v) is 0.563. The molecule has 0 amide bonds. The molecule has 0 heterocycles. The molecule has 1 radical (unpaired) electrons. The number of hydrogen-bond acceptors (Lipinski definition) is 0. The van der Waals surface area contributed by atoms with Crippen LogP contribution in [-0.2, 0) is 5.11 Å². The van der Waals surface area contributed by atoms with Crippen LogP contribution in [0, 0.1) is 5.92 Å². The van der Waals surface area contributed by atoms with Crippen LogP contribution in [0.5, 0.6) is 0 Å². The number of rotatable bonds is 4. The average molecular weight is 127 g/mol. The van der Waals surface area contributed by atoms with Gasteiger partial charge in [0.05, 0.1) is 6.61 Å². The van der Waals surface area contributed by atoms with E-state index >= 15 is 0 Å². The zero-order chi connectivity index (χ0) is 7.11. The molecule has 0 aromatic heterocycles. The van der Waals surface area contributed by atoms with Crippen LogP contribution in [0.1, 0.15) is 26.7 Å². The van der Waals surface area contributed by atoms with Gasteiger partial charge in [-0.15, -0.1) is 0 Å². The molecule has 1 unspecified atom stereocenters. The van der Waals surface area contributed by atoms with E-state index < -0.39 is 0 Å². The van der Waals surface area contributed by atoms with E-state index in [1.807, 2.05) is 6.92 Å². The van der Waals surface area contributed by atoms with Crippen molar-refractivity contribution in [3.63, 3.8) is 0 Å². The van der Waals surface area contributed by atoms with Crippen molar-refractivity contribution in [3.05, 3.63) is 12.2 Å². The van der Waals surface area contributed by atoms with Gasteiger partial charge < -0.3 is 0 Å². The average Bonchev–Trinajstić information content (AvgIpc) is 1.89. The summed E-state index contributed by atoms with van der Waals surface area (Å²) in [5.41, 5.74) is 0. The Kier molecular flexibility index (Phi) is 5.64. The molecule has 0 aromatic carbocycles. The van der Waals surface area contributed by atoms with Crippen molar-refractivity contribution in [1.29, 1.82) is 0 Å². The van der Waals surface area contributed by atoms with E-state index in [2.05, 4.69) is 19.1 Å². The zero-order valence-corrected chi connectivity index (χ0v) is 6.26. The lowest BCUT2D eigenvalue weighted by molar-refractivity contribution is 0.152. The molecule has 0 N–H and O–H groups in total. The predicted molar refractivity (Wildman–Crippen MR) is 38.8 cm³/mol. The first-order valence-electron chi connectivity index (χ1n) is 3.54. The number of allylic oxidation sites excluding steroid dienone is 2. The monoisotopic (exact) mass is 127 g/mol. The van der Waals surface area contributed by atoms with Gasteiger partial charge in [0, 0.05) is 0 Å². The Morgan fingerprint density at radius 2 is 2.11 bits per heavy atom. The zero-order valence-electron chi connectivity index (χ0n) is 6.26. The minimum atomic E-state index is 0.0497. The van der Waals surface area contributed by atoms with E-state index in [1.165, 1.54) is 0 Å². The Morgan fingerprint density at radius 3 is 2.56 bits per heavy atom. The molecule has 0 rings (SSSR count). The normalized spacial score (nSPS) is 14.6. The van der Waals surface area contributed by atoms with Gasteiger partial charge in [0.2, 0.25) is 0 Å². The van der Waals surface area contributed by atoms with Crippen LogP contribution in [0.15, 0.2) is 12.2 Å². The predicted octanol–water partition coefficient (Wildman–Crippen LogP) is 2.41. The molecule has 0 bridgehead atoms. The standard InChI is InChI=1S/C8H15O/c1-3-4-5-6-8(2)7-9/h4-5,8H,3,6-7H2,1-2H3. The summed E-state index contributed by atoms with van der Waals surface area (Å²) in [6.07, 6.45) is 6.21. The highest BCUT2D eigenvalue weighted by molar-refractivity contribution is 4.81. The second kappa shape index (κ2) is 5.83. The van der Waals surface area contributed by atoms with Crippen molar-refractivity contribution in [3.8, 4) is 0 Å². The summed E-state index contributed by atoms with van der Waals surface area (Å²) in [5.74, 6) is 0.313. The van der Waals surface area contributed by atoms with Crippen LogP contribution in [0.4, 0.5) is 0 Å². The largest absolute Gasteiger partial charge is 0.236 e. The first kappa shape index (κ1) is 8.70. The quantitative estimate of drug-likeness (QED) is 0.517. The Bertz CT molecular complexity index is 76.6. The van der Waals surface area contributed by atoms with Gasteiger partial charge in [0.1, 0.15) is 0 Å². The Morgan fingerprint density at radius 1 is 1.44 bits per heavy atom. The van der Waals surface area contributed by atoms with Crippen molar-refractivity contribution in [2.45, 2.75) is 26.7 Å². The first-order valence-corrected chi connectivity index (χ1v) is 3.54. The highest BCUT2D eigenvalue weighted by Crippen LogP contribution is 2.00. The minimum absolute atomic E-state index is 0.0497. The van der Waals surface area contributed by atoms with Gasteiger partial charge in [-0.25, -0.2) is 5.11 Å². The Balaban J connectivity index is 3.15. The molecular formula is C8H15O. The summed E-state index contributed by atoms with van der Waals surface area (Å²) < 4.78 is 0. The lowest BCUT2D eigenvalue weighted by Gasteiger charge is -1.98. The molecule has 53 valence electrons. The Labute approximate surface area is 57.4 Å². The molecule has 0 saturated heterocycles. The molecule has 0 spiro atoms. The molecule has 0 aliphatic rings. The molecule has 0 aliphatic carbocycles. The molecular weight excluding hydrogens is 112 g/mol. The van der Waals surface area contributed by atoms with Gasteiger partial charge in [-0.1, -0.05) is 26.0 Å². The number of hydrogen-bond donors (Lipinski definition) is 0. The maximum atomic E-state index is 10.2. The third kappa shape index (κ3) is 5.57. The minimum Gasteiger partial charge on any atom is -0.236 e. The van der Waals surface area contributed by atoms with E-state index in [4.69, 9.17) is 0 Å². The van der Waals surface area contributed by atoms with E-state index in [1.54, 1.807) is 0 Å².